The number of sulfonamides is 1. The van der Waals surface area contributed by atoms with Gasteiger partial charge in [0.2, 0.25) is 15.9 Å². The predicted molar refractivity (Wildman–Crippen MR) is 101 cm³/mol. The molecule has 1 aromatic rings. The summed E-state index contributed by atoms with van der Waals surface area (Å²) in [5.74, 6) is 2.45. The summed E-state index contributed by atoms with van der Waals surface area (Å²) in [7, 11) is -3.32. The van der Waals surface area contributed by atoms with E-state index in [1.54, 1.807) is 4.31 Å². The molecule has 6 heteroatoms. The topological polar surface area (TPSA) is 57.7 Å². The number of hydrogen-bond acceptors (Lipinski definition) is 3. The van der Waals surface area contributed by atoms with Gasteiger partial charge >= 0.3 is 0 Å². The third-order valence-corrected chi connectivity index (χ3v) is 8.35. The molecule has 0 N–H and O–H groups in total. The minimum Gasteiger partial charge on any atom is -0.340 e. The Bertz CT molecular complexity index is 742. The molecule has 3 fully saturated rings. The molecule has 0 unspecified atom stereocenters. The molecule has 1 heterocycles. The van der Waals surface area contributed by atoms with E-state index in [0.29, 0.717) is 38.5 Å². The monoisotopic (exact) mass is 376 g/mol. The van der Waals surface area contributed by atoms with Gasteiger partial charge in [0.1, 0.15) is 0 Å². The summed E-state index contributed by atoms with van der Waals surface area (Å²) in [6.45, 7) is 1.87. The van der Waals surface area contributed by atoms with Gasteiger partial charge < -0.3 is 4.90 Å². The van der Waals surface area contributed by atoms with Gasteiger partial charge in [-0.3, -0.25) is 4.79 Å². The molecule has 1 saturated heterocycles. The van der Waals surface area contributed by atoms with Gasteiger partial charge in [0.15, 0.2) is 0 Å². The van der Waals surface area contributed by atoms with Crippen molar-refractivity contribution in [2.45, 2.75) is 37.9 Å². The van der Waals surface area contributed by atoms with Crippen LogP contribution in [0.4, 0.5) is 0 Å². The number of hydrogen-bond donors (Lipinski definition) is 0. The fraction of sp³-hybridized carbons (Fsp3) is 0.650. The Balaban J connectivity index is 1.29. The van der Waals surface area contributed by atoms with E-state index in [4.69, 9.17) is 0 Å². The predicted octanol–water partition coefficient (Wildman–Crippen LogP) is 2.49. The first-order valence-electron chi connectivity index (χ1n) is 9.81. The molecule has 1 amide bonds. The summed E-state index contributed by atoms with van der Waals surface area (Å²) in [6, 6.07) is 9.28. The van der Waals surface area contributed by atoms with E-state index >= 15 is 0 Å². The van der Waals surface area contributed by atoms with Crippen LogP contribution in [-0.2, 0) is 20.6 Å². The summed E-state index contributed by atoms with van der Waals surface area (Å²) >= 11 is 0. The maximum atomic E-state index is 12.6. The molecular formula is C20H28N2O3S. The van der Waals surface area contributed by atoms with Crippen LogP contribution in [0.15, 0.2) is 30.3 Å². The number of amides is 1. The molecule has 0 spiro atoms. The van der Waals surface area contributed by atoms with Crippen molar-refractivity contribution in [3.8, 4) is 0 Å². The smallest absolute Gasteiger partial charge is 0.222 e. The van der Waals surface area contributed by atoms with Crippen molar-refractivity contribution >= 4 is 15.9 Å². The van der Waals surface area contributed by atoms with Crippen molar-refractivity contribution in [2.24, 2.45) is 17.8 Å². The number of benzene rings is 1. The van der Waals surface area contributed by atoms with E-state index < -0.39 is 10.0 Å². The number of nitrogens with zero attached hydrogens (tertiary/aromatic N) is 2. The lowest BCUT2D eigenvalue weighted by atomic mass is 9.86. The SMILES string of the molecule is O=C(C[C@H]1C[C@H]2CC[C@H]1C2)N1CCN(S(=O)(=O)Cc2ccccc2)CC1. The molecule has 2 saturated carbocycles. The zero-order valence-corrected chi connectivity index (χ0v) is 16.0. The molecule has 26 heavy (non-hydrogen) atoms. The fourth-order valence-corrected chi connectivity index (χ4v) is 6.59. The largest absolute Gasteiger partial charge is 0.340 e. The quantitative estimate of drug-likeness (QED) is 0.793. The van der Waals surface area contributed by atoms with Crippen LogP contribution < -0.4 is 0 Å². The Labute approximate surface area is 156 Å². The molecule has 3 atom stereocenters. The molecule has 2 aliphatic carbocycles. The fourth-order valence-electron chi connectivity index (χ4n) is 5.07. The van der Waals surface area contributed by atoms with Crippen LogP contribution >= 0.6 is 0 Å². The average Bonchev–Trinajstić information content (AvgIpc) is 3.25. The molecule has 1 aromatic carbocycles. The van der Waals surface area contributed by atoms with E-state index in [2.05, 4.69) is 0 Å². The van der Waals surface area contributed by atoms with Crippen LogP contribution in [0.1, 0.15) is 37.7 Å². The number of carbonyl (C=O) groups is 1. The van der Waals surface area contributed by atoms with Crippen molar-refractivity contribution in [3.05, 3.63) is 35.9 Å². The van der Waals surface area contributed by atoms with Crippen LogP contribution in [0.2, 0.25) is 0 Å². The number of rotatable bonds is 5. The van der Waals surface area contributed by atoms with Gasteiger partial charge in [-0.05, 0) is 42.6 Å². The summed E-state index contributed by atoms with van der Waals surface area (Å²) < 4.78 is 26.8. The molecule has 0 radical (unpaired) electrons. The average molecular weight is 377 g/mol. The van der Waals surface area contributed by atoms with Gasteiger partial charge in [-0.15, -0.1) is 0 Å². The van der Waals surface area contributed by atoms with Gasteiger partial charge in [0.05, 0.1) is 5.75 Å². The summed E-state index contributed by atoms with van der Waals surface area (Å²) in [5, 5.41) is 0. The maximum Gasteiger partial charge on any atom is 0.222 e. The Kier molecular flexibility index (Phi) is 5.06. The highest BCUT2D eigenvalue weighted by molar-refractivity contribution is 7.88. The Morgan fingerprint density at radius 2 is 1.73 bits per heavy atom. The lowest BCUT2D eigenvalue weighted by Gasteiger charge is -2.35. The van der Waals surface area contributed by atoms with Gasteiger partial charge in [-0.2, -0.15) is 4.31 Å². The number of fused-ring (bicyclic) bond motifs is 2. The number of piperazine rings is 1. The van der Waals surface area contributed by atoms with E-state index in [0.717, 1.165) is 17.4 Å². The second kappa shape index (κ2) is 7.31. The first-order chi connectivity index (χ1) is 12.5. The molecule has 142 valence electrons. The van der Waals surface area contributed by atoms with Crippen LogP contribution in [0.25, 0.3) is 0 Å². The molecule has 3 aliphatic rings. The van der Waals surface area contributed by atoms with E-state index in [1.165, 1.54) is 25.7 Å². The van der Waals surface area contributed by atoms with Gasteiger partial charge in [-0.1, -0.05) is 36.8 Å². The standard InChI is InChI=1S/C20H28N2O3S/c23-20(14-19-13-17-6-7-18(19)12-17)21-8-10-22(11-9-21)26(24,25)15-16-4-2-1-3-5-16/h1-5,17-19H,6-15H2/t17-,18-,19+/m0/s1. The van der Waals surface area contributed by atoms with Crippen molar-refractivity contribution in [1.82, 2.24) is 9.21 Å². The first-order valence-corrected chi connectivity index (χ1v) is 11.4. The lowest BCUT2D eigenvalue weighted by molar-refractivity contribution is -0.133. The third kappa shape index (κ3) is 3.81. The van der Waals surface area contributed by atoms with Gasteiger partial charge in [0.25, 0.3) is 0 Å². The third-order valence-electron chi connectivity index (χ3n) is 6.50. The highest BCUT2D eigenvalue weighted by Gasteiger charge is 2.41. The van der Waals surface area contributed by atoms with Crippen molar-refractivity contribution in [3.63, 3.8) is 0 Å². The van der Waals surface area contributed by atoms with Crippen molar-refractivity contribution in [1.29, 1.82) is 0 Å². The highest BCUT2D eigenvalue weighted by Crippen LogP contribution is 2.49. The molecule has 4 rings (SSSR count). The van der Waals surface area contributed by atoms with E-state index in [9.17, 15) is 13.2 Å². The van der Waals surface area contributed by atoms with Gasteiger partial charge in [-0.25, -0.2) is 8.42 Å². The second-order valence-electron chi connectivity index (χ2n) is 8.16. The molecule has 1 aliphatic heterocycles. The minimum atomic E-state index is -3.32. The van der Waals surface area contributed by atoms with Crippen LogP contribution in [-0.4, -0.2) is 49.7 Å². The molecule has 0 aromatic heterocycles. The Morgan fingerprint density at radius 3 is 2.35 bits per heavy atom. The Hall–Kier alpha value is -1.40. The zero-order chi connectivity index (χ0) is 18.1. The molecular weight excluding hydrogens is 348 g/mol. The first kappa shape index (κ1) is 18.0. The van der Waals surface area contributed by atoms with E-state index in [1.807, 2.05) is 35.2 Å². The second-order valence-corrected chi connectivity index (χ2v) is 10.1. The summed E-state index contributed by atoms with van der Waals surface area (Å²) in [6.07, 6.45) is 5.87. The molecule has 2 bridgehead atoms. The zero-order valence-electron chi connectivity index (χ0n) is 15.2. The van der Waals surface area contributed by atoms with Crippen molar-refractivity contribution < 1.29 is 13.2 Å². The summed E-state index contributed by atoms with van der Waals surface area (Å²) in [5.41, 5.74) is 0.808. The minimum absolute atomic E-state index is 0.0347. The number of carbonyl (C=O) groups excluding carboxylic acids is 1. The molecule has 5 nitrogen and oxygen atoms in total. The van der Waals surface area contributed by atoms with E-state index in [-0.39, 0.29) is 11.7 Å². The Morgan fingerprint density at radius 1 is 1.00 bits per heavy atom. The van der Waals surface area contributed by atoms with Crippen LogP contribution in [0, 0.1) is 17.8 Å². The van der Waals surface area contributed by atoms with Gasteiger partial charge in [0, 0.05) is 32.6 Å². The lowest BCUT2D eigenvalue weighted by Crippen LogP contribution is -2.51. The summed E-state index contributed by atoms with van der Waals surface area (Å²) in [4.78, 5) is 14.5. The van der Waals surface area contributed by atoms with Crippen molar-refractivity contribution in [2.75, 3.05) is 26.2 Å². The van der Waals surface area contributed by atoms with Crippen LogP contribution in [0.3, 0.4) is 0 Å². The normalized spacial score (nSPS) is 29.2. The van der Waals surface area contributed by atoms with Crippen LogP contribution in [0.5, 0.6) is 0 Å². The highest BCUT2D eigenvalue weighted by atomic mass is 32.2. The maximum absolute atomic E-state index is 12.6.